The highest BCUT2D eigenvalue weighted by atomic mass is 35.5. The number of amides is 1. The zero-order valence-corrected chi connectivity index (χ0v) is 17.9. The second-order valence-electron chi connectivity index (χ2n) is 7.59. The number of fused-ring (bicyclic) bond motifs is 1. The van der Waals surface area contributed by atoms with E-state index in [2.05, 4.69) is 32.5 Å². The second kappa shape index (κ2) is 8.49. The number of nitrogens with zero attached hydrogens (tertiary/aromatic N) is 3. The van der Waals surface area contributed by atoms with Crippen molar-refractivity contribution in [2.45, 2.75) is 19.9 Å². The standard InChI is InChI=1S/C22H22ClFN6O/c1-12-4-3-5-17(24)19(12)28-21-15(20(25)31)10-26-22(29-21)27-18-9-14-11-30(2)7-6-13(14)8-16(18)23/h3-5,8-10H,6-7,11H2,1-2H3,(H2,25,31)(H2,26,27,28,29). The lowest BCUT2D eigenvalue weighted by Crippen LogP contribution is -2.26. The molecule has 31 heavy (non-hydrogen) atoms. The quantitative estimate of drug-likeness (QED) is 0.551. The Kier molecular flexibility index (Phi) is 5.75. The molecule has 160 valence electrons. The van der Waals surface area contributed by atoms with Gasteiger partial charge in [0.05, 0.1) is 16.4 Å². The molecule has 0 atom stereocenters. The van der Waals surface area contributed by atoms with E-state index in [1.807, 2.05) is 12.1 Å². The summed E-state index contributed by atoms with van der Waals surface area (Å²) >= 11 is 6.47. The van der Waals surface area contributed by atoms with Crippen LogP contribution in [0.3, 0.4) is 0 Å². The van der Waals surface area contributed by atoms with Crippen molar-refractivity contribution in [3.8, 4) is 0 Å². The molecule has 0 unspecified atom stereocenters. The minimum atomic E-state index is -0.724. The molecule has 7 nitrogen and oxygen atoms in total. The molecule has 0 aliphatic carbocycles. The predicted molar refractivity (Wildman–Crippen MR) is 120 cm³/mol. The van der Waals surface area contributed by atoms with Crippen LogP contribution >= 0.6 is 11.6 Å². The molecular weight excluding hydrogens is 419 g/mol. The molecule has 1 aromatic heterocycles. The van der Waals surface area contributed by atoms with E-state index < -0.39 is 11.7 Å². The van der Waals surface area contributed by atoms with Crippen LogP contribution in [-0.2, 0) is 13.0 Å². The SMILES string of the molecule is Cc1cccc(F)c1Nc1nc(Nc2cc3c(cc2Cl)CCN(C)C3)ncc1C(N)=O. The van der Waals surface area contributed by atoms with Gasteiger partial charge in [0.1, 0.15) is 17.2 Å². The zero-order valence-electron chi connectivity index (χ0n) is 17.2. The van der Waals surface area contributed by atoms with E-state index in [1.165, 1.54) is 23.4 Å². The lowest BCUT2D eigenvalue weighted by molar-refractivity contribution is 0.100. The van der Waals surface area contributed by atoms with Crippen molar-refractivity contribution in [2.75, 3.05) is 24.2 Å². The van der Waals surface area contributed by atoms with Crippen LogP contribution in [0.4, 0.5) is 27.5 Å². The largest absolute Gasteiger partial charge is 0.365 e. The minimum Gasteiger partial charge on any atom is -0.365 e. The number of benzene rings is 2. The minimum absolute atomic E-state index is 0.0476. The predicted octanol–water partition coefficient (Wildman–Crippen LogP) is 4.15. The van der Waals surface area contributed by atoms with E-state index in [9.17, 15) is 9.18 Å². The summed E-state index contributed by atoms with van der Waals surface area (Å²) < 4.78 is 14.3. The number of hydrogen-bond acceptors (Lipinski definition) is 6. The zero-order chi connectivity index (χ0) is 22.1. The number of para-hydroxylation sites is 1. The molecule has 0 fully saturated rings. The lowest BCUT2D eigenvalue weighted by Gasteiger charge is -2.26. The molecule has 0 saturated carbocycles. The third-order valence-corrected chi connectivity index (χ3v) is 5.57. The number of aromatic nitrogens is 2. The summed E-state index contributed by atoms with van der Waals surface area (Å²) in [6.45, 7) is 3.56. The van der Waals surface area contributed by atoms with Crippen LogP contribution in [0.2, 0.25) is 5.02 Å². The number of aryl methyl sites for hydroxylation is 1. The molecule has 4 rings (SSSR count). The van der Waals surface area contributed by atoms with Gasteiger partial charge >= 0.3 is 0 Å². The Morgan fingerprint density at radius 2 is 2.06 bits per heavy atom. The van der Waals surface area contributed by atoms with E-state index in [4.69, 9.17) is 17.3 Å². The summed E-state index contributed by atoms with van der Waals surface area (Å²) in [7, 11) is 2.07. The van der Waals surface area contributed by atoms with Gasteiger partial charge in [0, 0.05) is 19.3 Å². The molecule has 2 aromatic carbocycles. The fraction of sp³-hybridized carbons (Fsp3) is 0.227. The number of nitrogens with two attached hydrogens (primary N) is 1. The van der Waals surface area contributed by atoms with Crippen LogP contribution in [0.5, 0.6) is 0 Å². The summed E-state index contributed by atoms with van der Waals surface area (Å²) in [5, 5.41) is 6.53. The highest BCUT2D eigenvalue weighted by Gasteiger charge is 2.18. The third-order valence-electron chi connectivity index (χ3n) is 5.26. The smallest absolute Gasteiger partial charge is 0.254 e. The van der Waals surface area contributed by atoms with E-state index in [0.29, 0.717) is 16.3 Å². The van der Waals surface area contributed by atoms with Crippen molar-refractivity contribution in [3.05, 3.63) is 69.6 Å². The van der Waals surface area contributed by atoms with Crippen LogP contribution in [-0.4, -0.2) is 34.4 Å². The maximum absolute atomic E-state index is 14.3. The van der Waals surface area contributed by atoms with Gasteiger partial charge in [0.25, 0.3) is 5.91 Å². The molecule has 0 saturated heterocycles. The monoisotopic (exact) mass is 440 g/mol. The molecule has 0 spiro atoms. The summed E-state index contributed by atoms with van der Waals surface area (Å²) in [5.41, 5.74) is 9.42. The van der Waals surface area contributed by atoms with Crippen molar-refractivity contribution >= 4 is 40.6 Å². The first-order valence-electron chi connectivity index (χ1n) is 9.77. The van der Waals surface area contributed by atoms with Gasteiger partial charge < -0.3 is 21.3 Å². The Morgan fingerprint density at radius 3 is 2.81 bits per heavy atom. The molecule has 1 amide bonds. The number of hydrogen-bond donors (Lipinski definition) is 3. The first-order chi connectivity index (χ1) is 14.8. The average Bonchev–Trinajstić information content (AvgIpc) is 2.71. The number of rotatable bonds is 5. The maximum atomic E-state index is 14.3. The first-order valence-corrected chi connectivity index (χ1v) is 10.2. The van der Waals surface area contributed by atoms with Crippen LogP contribution in [0.1, 0.15) is 27.0 Å². The number of primary amides is 1. The van der Waals surface area contributed by atoms with Crippen molar-refractivity contribution in [1.82, 2.24) is 14.9 Å². The lowest BCUT2D eigenvalue weighted by atomic mass is 9.99. The van der Waals surface area contributed by atoms with Gasteiger partial charge in [-0.1, -0.05) is 23.7 Å². The van der Waals surface area contributed by atoms with Gasteiger partial charge in [-0.2, -0.15) is 4.98 Å². The molecule has 4 N–H and O–H groups in total. The van der Waals surface area contributed by atoms with Crippen LogP contribution in [0.15, 0.2) is 36.5 Å². The molecule has 3 aromatic rings. The highest BCUT2D eigenvalue weighted by molar-refractivity contribution is 6.33. The fourth-order valence-corrected chi connectivity index (χ4v) is 3.80. The molecular formula is C22H22ClFN6O. The van der Waals surface area contributed by atoms with Gasteiger partial charge in [-0.25, -0.2) is 9.37 Å². The molecule has 0 radical (unpaired) electrons. The van der Waals surface area contributed by atoms with Gasteiger partial charge in [0.15, 0.2) is 0 Å². The molecule has 1 aliphatic heterocycles. The molecule has 0 bridgehead atoms. The highest BCUT2D eigenvalue weighted by Crippen LogP contribution is 2.32. The number of anilines is 4. The fourth-order valence-electron chi connectivity index (χ4n) is 3.56. The van der Waals surface area contributed by atoms with Crippen LogP contribution < -0.4 is 16.4 Å². The third kappa shape index (κ3) is 4.45. The summed E-state index contributed by atoms with van der Waals surface area (Å²) in [4.78, 5) is 22.6. The maximum Gasteiger partial charge on any atom is 0.254 e. The number of halogens is 2. The Labute approximate surface area is 184 Å². The Balaban J connectivity index is 1.68. The van der Waals surface area contributed by atoms with E-state index >= 15 is 0 Å². The Hall–Kier alpha value is -3.23. The summed E-state index contributed by atoms with van der Waals surface area (Å²) in [5.74, 6) is -0.886. The van der Waals surface area contributed by atoms with Gasteiger partial charge in [-0.05, 0) is 55.3 Å². The summed E-state index contributed by atoms with van der Waals surface area (Å²) in [6, 6.07) is 8.61. The average molecular weight is 441 g/mol. The van der Waals surface area contributed by atoms with E-state index in [0.717, 1.165) is 19.5 Å². The van der Waals surface area contributed by atoms with E-state index in [-0.39, 0.29) is 23.0 Å². The van der Waals surface area contributed by atoms with Crippen molar-refractivity contribution < 1.29 is 9.18 Å². The van der Waals surface area contributed by atoms with Crippen LogP contribution in [0, 0.1) is 12.7 Å². The normalized spacial score (nSPS) is 13.5. The molecule has 1 aliphatic rings. The number of carbonyl (C=O) groups is 1. The van der Waals surface area contributed by atoms with Crippen molar-refractivity contribution in [1.29, 1.82) is 0 Å². The van der Waals surface area contributed by atoms with Crippen molar-refractivity contribution in [3.63, 3.8) is 0 Å². The van der Waals surface area contributed by atoms with Crippen molar-refractivity contribution in [2.24, 2.45) is 5.73 Å². The second-order valence-corrected chi connectivity index (χ2v) is 8.00. The topological polar surface area (TPSA) is 96.2 Å². The summed E-state index contributed by atoms with van der Waals surface area (Å²) in [6.07, 6.45) is 2.24. The molecule has 9 heteroatoms. The number of likely N-dealkylation sites (N-methyl/N-ethyl adjacent to an activating group) is 1. The Morgan fingerprint density at radius 1 is 1.26 bits per heavy atom. The molecule has 2 heterocycles. The number of nitrogens with one attached hydrogen (secondary N) is 2. The van der Waals surface area contributed by atoms with Gasteiger partial charge in [-0.3, -0.25) is 4.79 Å². The van der Waals surface area contributed by atoms with Gasteiger partial charge in [-0.15, -0.1) is 0 Å². The first kappa shape index (κ1) is 21.0. The number of carbonyl (C=O) groups excluding carboxylic acids is 1. The Bertz CT molecular complexity index is 1150. The van der Waals surface area contributed by atoms with E-state index in [1.54, 1.807) is 19.1 Å². The van der Waals surface area contributed by atoms with Gasteiger partial charge in [0.2, 0.25) is 5.95 Å². The van der Waals surface area contributed by atoms with Crippen LogP contribution in [0.25, 0.3) is 0 Å².